The molecule has 0 spiro atoms. The van der Waals surface area contributed by atoms with Crippen LogP contribution in [0.1, 0.15) is 75.8 Å². The van der Waals surface area contributed by atoms with Crippen LogP contribution in [0.5, 0.6) is 0 Å². The van der Waals surface area contributed by atoms with E-state index in [-0.39, 0.29) is 5.92 Å². The molecule has 1 heterocycles. The summed E-state index contributed by atoms with van der Waals surface area (Å²) in [5.74, 6) is 1.07. The highest BCUT2D eigenvalue weighted by molar-refractivity contribution is 5.84. The summed E-state index contributed by atoms with van der Waals surface area (Å²) in [5.41, 5.74) is 2.18. The fraction of sp³-hybridized carbons (Fsp3) is 0.615. The molecule has 1 N–H and O–H groups in total. The topological polar surface area (TPSA) is 23.5 Å². The molecule has 0 radical (unpaired) electrons. The van der Waals surface area contributed by atoms with Gasteiger partial charge in [-0.2, -0.15) is 0 Å². The van der Waals surface area contributed by atoms with Crippen molar-refractivity contribution in [1.82, 2.24) is 4.90 Å². The molecule has 2 heteroatoms. The Hall–Kier alpha value is -1.38. The van der Waals surface area contributed by atoms with Crippen molar-refractivity contribution in [2.45, 2.75) is 76.7 Å². The minimum atomic E-state index is -0.543. The van der Waals surface area contributed by atoms with Crippen LogP contribution in [0, 0.1) is 5.92 Å². The summed E-state index contributed by atoms with van der Waals surface area (Å²) in [6.45, 7) is 7.95. The number of rotatable bonds is 5. The fourth-order valence-corrected chi connectivity index (χ4v) is 5.35. The van der Waals surface area contributed by atoms with Gasteiger partial charge in [0.15, 0.2) is 0 Å². The lowest BCUT2D eigenvalue weighted by Gasteiger charge is -2.43. The summed E-state index contributed by atoms with van der Waals surface area (Å²) in [5, 5.41) is 14.3. The van der Waals surface area contributed by atoms with Crippen molar-refractivity contribution >= 4 is 10.8 Å². The van der Waals surface area contributed by atoms with Crippen LogP contribution in [0.3, 0.4) is 0 Å². The number of piperidine rings is 1. The standard InChI is InChI=1S/C26H37NO/c1-3-21-7-8-23-18-24(10-9-22(23)17-21)25(26(28)13-5-4-6-14-26)19-27-15-11-20(2)12-16-27/h7-10,17-18,20,25,28H,3-6,11-16,19H2,1-2H3. The number of likely N-dealkylation sites (tertiary alicyclic amines) is 1. The average Bonchev–Trinajstić information content (AvgIpc) is 2.73. The molecule has 2 nitrogen and oxygen atoms in total. The first-order chi connectivity index (χ1) is 13.6. The van der Waals surface area contributed by atoms with Crippen LogP contribution >= 0.6 is 0 Å². The van der Waals surface area contributed by atoms with Crippen molar-refractivity contribution in [2.24, 2.45) is 5.92 Å². The van der Waals surface area contributed by atoms with E-state index in [0.29, 0.717) is 0 Å². The highest BCUT2D eigenvalue weighted by atomic mass is 16.3. The van der Waals surface area contributed by atoms with Crippen LogP contribution in [-0.2, 0) is 6.42 Å². The Labute approximate surface area is 170 Å². The van der Waals surface area contributed by atoms with Crippen LogP contribution in [0.15, 0.2) is 36.4 Å². The molecule has 1 aliphatic carbocycles. The van der Waals surface area contributed by atoms with Gasteiger partial charge in [0.2, 0.25) is 0 Å². The molecule has 1 saturated carbocycles. The second-order valence-electron chi connectivity index (χ2n) is 9.49. The van der Waals surface area contributed by atoms with Gasteiger partial charge in [0.05, 0.1) is 5.60 Å². The van der Waals surface area contributed by atoms with Crippen LogP contribution < -0.4 is 0 Å². The number of aryl methyl sites for hydroxylation is 1. The zero-order valence-corrected chi connectivity index (χ0v) is 17.8. The van der Waals surface area contributed by atoms with Crippen molar-refractivity contribution in [3.05, 3.63) is 47.5 Å². The van der Waals surface area contributed by atoms with Gasteiger partial charge in [0.1, 0.15) is 0 Å². The van der Waals surface area contributed by atoms with Crippen molar-refractivity contribution < 1.29 is 5.11 Å². The fourth-order valence-electron chi connectivity index (χ4n) is 5.35. The molecule has 1 atom stereocenters. The first-order valence-electron chi connectivity index (χ1n) is 11.5. The maximum absolute atomic E-state index is 11.7. The number of hydrogen-bond acceptors (Lipinski definition) is 2. The van der Waals surface area contributed by atoms with E-state index in [0.717, 1.165) is 44.6 Å². The Morgan fingerprint density at radius 1 is 1.00 bits per heavy atom. The van der Waals surface area contributed by atoms with Gasteiger partial charge in [0, 0.05) is 12.5 Å². The predicted molar refractivity (Wildman–Crippen MR) is 119 cm³/mol. The van der Waals surface area contributed by atoms with Crippen molar-refractivity contribution in [2.75, 3.05) is 19.6 Å². The number of aliphatic hydroxyl groups is 1. The molecule has 0 bridgehead atoms. The molecule has 2 aromatic carbocycles. The van der Waals surface area contributed by atoms with Gasteiger partial charge < -0.3 is 10.0 Å². The maximum atomic E-state index is 11.7. The monoisotopic (exact) mass is 379 g/mol. The second-order valence-corrected chi connectivity index (χ2v) is 9.49. The third kappa shape index (κ3) is 4.28. The SMILES string of the molecule is CCc1ccc2cc(C(CN3CCC(C)CC3)C3(O)CCCCC3)ccc2c1. The predicted octanol–water partition coefficient (Wildman–Crippen LogP) is 5.91. The summed E-state index contributed by atoms with van der Waals surface area (Å²) in [4.78, 5) is 2.61. The first kappa shape index (κ1) is 19.9. The van der Waals surface area contributed by atoms with E-state index in [1.165, 1.54) is 54.3 Å². The quantitative estimate of drug-likeness (QED) is 0.698. The maximum Gasteiger partial charge on any atom is 0.0728 e. The second kappa shape index (κ2) is 8.55. The van der Waals surface area contributed by atoms with E-state index in [1.807, 2.05) is 0 Å². The molecule has 1 aliphatic heterocycles. The molecule has 0 aromatic heterocycles. The zero-order valence-electron chi connectivity index (χ0n) is 17.8. The Morgan fingerprint density at radius 3 is 2.39 bits per heavy atom. The summed E-state index contributed by atoms with van der Waals surface area (Å²) < 4.78 is 0. The van der Waals surface area contributed by atoms with Gasteiger partial charge >= 0.3 is 0 Å². The summed E-state index contributed by atoms with van der Waals surface area (Å²) in [6.07, 6.45) is 9.17. The molecule has 2 aromatic rings. The number of nitrogens with zero attached hydrogens (tertiary/aromatic N) is 1. The van der Waals surface area contributed by atoms with Crippen molar-refractivity contribution in [3.63, 3.8) is 0 Å². The van der Waals surface area contributed by atoms with Gasteiger partial charge in [-0.3, -0.25) is 0 Å². The van der Waals surface area contributed by atoms with Crippen LogP contribution in [-0.4, -0.2) is 35.2 Å². The third-order valence-corrected chi connectivity index (χ3v) is 7.42. The van der Waals surface area contributed by atoms with E-state index in [9.17, 15) is 5.11 Å². The highest BCUT2D eigenvalue weighted by Crippen LogP contribution is 2.41. The summed E-state index contributed by atoms with van der Waals surface area (Å²) in [6, 6.07) is 13.8. The molecule has 28 heavy (non-hydrogen) atoms. The zero-order chi connectivity index (χ0) is 19.6. The lowest BCUT2D eigenvalue weighted by atomic mass is 9.72. The first-order valence-corrected chi connectivity index (χ1v) is 11.5. The van der Waals surface area contributed by atoms with E-state index in [1.54, 1.807) is 0 Å². The van der Waals surface area contributed by atoms with Gasteiger partial charge in [0.25, 0.3) is 0 Å². The van der Waals surface area contributed by atoms with E-state index < -0.39 is 5.60 Å². The molecule has 1 saturated heterocycles. The van der Waals surface area contributed by atoms with Crippen LogP contribution in [0.25, 0.3) is 10.8 Å². The van der Waals surface area contributed by atoms with Gasteiger partial charge in [-0.25, -0.2) is 0 Å². The molecular formula is C26H37NO. The number of benzene rings is 2. The summed E-state index contributed by atoms with van der Waals surface area (Å²) >= 11 is 0. The molecule has 4 rings (SSSR count). The van der Waals surface area contributed by atoms with Gasteiger partial charge in [-0.05, 0) is 73.0 Å². The lowest BCUT2D eigenvalue weighted by molar-refractivity contribution is -0.0329. The lowest BCUT2D eigenvalue weighted by Crippen LogP contribution is -2.46. The smallest absolute Gasteiger partial charge is 0.0728 e. The normalized spacial score (nSPS) is 22.4. The minimum Gasteiger partial charge on any atom is -0.389 e. The number of fused-ring (bicyclic) bond motifs is 1. The highest BCUT2D eigenvalue weighted by Gasteiger charge is 2.39. The summed E-state index contributed by atoms with van der Waals surface area (Å²) in [7, 11) is 0. The Morgan fingerprint density at radius 2 is 1.68 bits per heavy atom. The molecular weight excluding hydrogens is 342 g/mol. The molecule has 152 valence electrons. The average molecular weight is 380 g/mol. The van der Waals surface area contributed by atoms with Crippen LogP contribution in [0.4, 0.5) is 0 Å². The van der Waals surface area contributed by atoms with Crippen molar-refractivity contribution in [3.8, 4) is 0 Å². The Kier molecular flexibility index (Phi) is 6.08. The minimum absolute atomic E-state index is 0.219. The van der Waals surface area contributed by atoms with Gasteiger partial charge in [-0.15, -0.1) is 0 Å². The van der Waals surface area contributed by atoms with Crippen molar-refractivity contribution in [1.29, 1.82) is 0 Å². The Bertz CT molecular complexity index is 784. The molecule has 2 aliphatic rings. The third-order valence-electron chi connectivity index (χ3n) is 7.42. The van der Waals surface area contributed by atoms with E-state index >= 15 is 0 Å². The van der Waals surface area contributed by atoms with E-state index in [4.69, 9.17) is 0 Å². The largest absolute Gasteiger partial charge is 0.389 e. The van der Waals surface area contributed by atoms with E-state index in [2.05, 4.69) is 55.1 Å². The molecule has 0 amide bonds. The van der Waals surface area contributed by atoms with Crippen LogP contribution in [0.2, 0.25) is 0 Å². The molecule has 2 fully saturated rings. The van der Waals surface area contributed by atoms with Gasteiger partial charge in [-0.1, -0.05) is 69.5 Å². The molecule has 1 unspecified atom stereocenters. The Balaban J connectivity index is 1.64. The number of hydrogen-bond donors (Lipinski definition) is 1.